The normalized spacial score (nSPS) is 20.0. The third-order valence-corrected chi connectivity index (χ3v) is 7.05. The molecule has 1 saturated heterocycles. The van der Waals surface area contributed by atoms with Crippen LogP contribution in [0.4, 0.5) is 0 Å². The number of carbonyl (C=O) groups is 2. The molecule has 2 atom stereocenters. The molecule has 0 aliphatic carbocycles. The average Bonchev–Trinajstić information content (AvgIpc) is 3.15. The minimum absolute atomic E-state index is 0.0288. The lowest BCUT2D eigenvalue weighted by Gasteiger charge is -2.31. The highest BCUT2D eigenvalue weighted by Crippen LogP contribution is 2.26. The van der Waals surface area contributed by atoms with Gasteiger partial charge in [0.25, 0.3) is 0 Å². The quantitative estimate of drug-likeness (QED) is 0.751. The number of nitrogens with zero attached hydrogens (tertiary/aromatic N) is 1. The zero-order valence-electron chi connectivity index (χ0n) is 16.6. The summed E-state index contributed by atoms with van der Waals surface area (Å²) in [6, 6.07) is 1.73. The van der Waals surface area contributed by atoms with Crippen molar-refractivity contribution in [3.8, 4) is 0 Å². The van der Waals surface area contributed by atoms with E-state index in [0.717, 1.165) is 45.3 Å². The van der Waals surface area contributed by atoms with Gasteiger partial charge in [-0.05, 0) is 67.6 Å². The third kappa shape index (κ3) is 5.32. The summed E-state index contributed by atoms with van der Waals surface area (Å²) in [6.45, 7) is 7.78. The van der Waals surface area contributed by atoms with Crippen LogP contribution in [-0.2, 0) is 22.6 Å². The highest BCUT2D eigenvalue weighted by Gasteiger charge is 2.29. The predicted molar refractivity (Wildman–Crippen MR) is 110 cm³/mol. The summed E-state index contributed by atoms with van der Waals surface area (Å²) in [6.07, 6.45) is 5.33. The van der Waals surface area contributed by atoms with E-state index in [-0.39, 0.29) is 17.9 Å². The highest BCUT2D eigenvalue weighted by molar-refractivity contribution is 7.10. The van der Waals surface area contributed by atoms with Gasteiger partial charge in [0, 0.05) is 24.4 Å². The molecule has 5 nitrogen and oxygen atoms in total. The van der Waals surface area contributed by atoms with E-state index in [2.05, 4.69) is 35.9 Å². The van der Waals surface area contributed by atoms with Crippen molar-refractivity contribution in [2.45, 2.75) is 65.0 Å². The van der Waals surface area contributed by atoms with Gasteiger partial charge in [0.05, 0.1) is 0 Å². The van der Waals surface area contributed by atoms with E-state index in [9.17, 15) is 9.59 Å². The number of fused-ring (bicyclic) bond motifs is 1. The lowest BCUT2D eigenvalue weighted by molar-refractivity contribution is -0.137. The Labute approximate surface area is 166 Å². The summed E-state index contributed by atoms with van der Waals surface area (Å²) < 4.78 is 0. The summed E-state index contributed by atoms with van der Waals surface area (Å²) in [4.78, 5) is 29.0. The topological polar surface area (TPSA) is 61.4 Å². The van der Waals surface area contributed by atoms with Gasteiger partial charge in [0.15, 0.2) is 0 Å². The first kappa shape index (κ1) is 20.3. The van der Waals surface area contributed by atoms with E-state index in [0.29, 0.717) is 31.2 Å². The minimum atomic E-state index is -0.386. The van der Waals surface area contributed by atoms with E-state index >= 15 is 0 Å². The van der Waals surface area contributed by atoms with E-state index in [1.807, 2.05) is 4.90 Å². The van der Waals surface area contributed by atoms with Crippen molar-refractivity contribution < 1.29 is 9.59 Å². The molecule has 2 aliphatic heterocycles. The zero-order chi connectivity index (χ0) is 19.2. The second-order valence-electron chi connectivity index (χ2n) is 8.06. The largest absolute Gasteiger partial charge is 0.344 e. The van der Waals surface area contributed by atoms with Gasteiger partial charge in [0.2, 0.25) is 11.8 Å². The number of nitrogens with one attached hydrogen (secondary N) is 2. The summed E-state index contributed by atoms with van der Waals surface area (Å²) in [5, 5.41) is 8.54. The van der Waals surface area contributed by atoms with Crippen molar-refractivity contribution in [3.05, 3.63) is 21.9 Å². The first-order valence-corrected chi connectivity index (χ1v) is 11.3. The van der Waals surface area contributed by atoms with Crippen molar-refractivity contribution in [2.24, 2.45) is 11.8 Å². The zero-order valence-corrected chi connectivity index (χ0v) is 17.4. The molecule has 2 amide bonds. The molecule has 2 aliphatic rings. The molecule has 2 unspecified atom stereocenters. The van der Waals surface area contributed by atoms with Gasteiger partial charge in [0.1, 0.15) is 6.04 Å². The van der Waals surface area contributed by atoms with Gasteiger partial charge in [-0.1, -0.05) is 20.3 Å². The van der Waals surface area contributed by atoms with Crippen LogP contribution in [0.2, 0.25) is 0 Å². The Hall–Kier alpha value is -1.40. The summed E-state index contributed by atoms with van der Waals surface area (Å²) >= 11 is 1.78. The number of piperidine rings is 1. The van der Waals surface area contributed by atoms with Gasteiger partial charge in [-0.25, -0.2) is 0 Å². The van der Waals surface area contributed by atoms with Crippen LogP contribution in [0.5, 0.6) is 0 Å². The van der Waals surface area contributed by atoms with Crippen LogP contribution in [0, 0.1) is 11.8 Å². The molecule has 1 aromatic rings. The molecule has 27 heavy (non-hydrogen) atoms. The van der Waals surface area contributed by atoms with Gasteiger partial charge >= 0.3 is 0 Å². The molecule has 0 saturated carbocycles. The van der Waals surface area contributed by atoms with E-state index in [4.69, 9.17) is 0 Å². The molecule has 0 bridgehead atoms. The lowest BCUT2D eigenvalue weighted by Crippen LogP contribution is -2.50. The van der Waals surface area contributed by atoms with E-state index in [1.165, 1.54) is 10.4 Å². The number of hydrogen-bond acceptors (Lipinski definition) is 4. The van der Waals surface area contributed by atoms with Crippen LogP contribution in [0.25, 0.3) is 0 Å². The molecule has 6 heteroatoms. The van der Waals surface area contributed by atoms with Crippen molar-refractivity contribution >= 4 is 23.2 Å². The summed E-state index contributed by atoms with van der Waals surface area (Å²) in [5.41, 5.74) is 1.26. The SMILES string of the molecule is CCCC(NC(=O)CC(C)C1CCNCC1)C(=O)N1CCc2sccc2C1. The Morgan fingerprint density at radius 1 is 1.37 bits per heavy atom. The lowest BCUT2D eigenvalue weighted by atomic mass is 9.84. The third-order valence-electron chi connectivity index (χ3n) is 6.03. The Morgan fingerprint density at radius 3 is 2.89 bits per heavy atom. The molecule has 3 rings (SSSR count). The second-order valence-corrected chi connectivity index (χ2v) is 9.06. The van der Waals surface area contributed by atoms with Crippen molar-refractivity contribution in [1.29, 1.82) is 0 Å². The molecule has 1 aromatic heterocycles. The monoisotopic (exact) mass is 391 g/mol. The van der Waals surface area contributed by atoms with Crippen LogP contribution in [0.3, 0.4) is 0 Å². The van der Waals surface area contributed by atoms with Crippen LogP contribution in [0.1, 0.15) is 56.4 Å². The molecule has 150 valence electrons. The van der Waals surface area contributed by atoms with Crippen LogP contribution >= 0.6 is 11.3 Å². The fourth-order valence-corrected chi connectivity index (χ4v) is 5.22. The van der Waals surface area contributed by atoms with Crippen molar-refractivity contribution in [3.63, 3.8) is 0 Å². The number of hydrogen-bond donors (Lipinski definition) is 2. The van der Waals surface area contributed by atoms with E-state index in [1.54, 1.807) is 11.3 Å². The van der Waals surface area contributed by atoms with Gasteiger partial charge < -0.3 is 15.5 Å². The number of amides is 2. The van der Waals surface area contributed by atoms with Gasteiger partial charge in [-0.15, -0.1) is 11.3 Å². The van der Waals surface area contributed by atoms with Crippen LogP contribution < -0.4 is 10.6 Å². The Balaban J connectivity index is 1.54. The van der Waals surface area contributed by atoms with Crippen LogP contribution in [-0.4, -0.2) is 42.4 Å². The number of carbonyl (C=O) groups excluding carboxylic acids is 2. The molecule has 1 fully saturated rings. The first-order valence-electron chi connectivity index (χ1n) is 10.4. The first-order chi connectivity index (χ1) is 13.1. The highest BCUT2D eigenvalue weighted by atomic mass is 32.1. The van der Waals surface area contributed by atoms with Crippen molar-refractivity contribution in [1.82, 2.24) is 15.5 Å². The fraction of sp³-hybridized carbons (Fsp3) is 0.714. The molecule has 0 aromatic carbocycles. The fourth-order valence-electron chi connectivity index (χ4n) is 4.33. The number of thiophene rings is 1. The Bertz CT molecular complexity index is 639. The predicted octanol–water partition coefficient (Wildman–Crippen LogP) is 2.94. The summed E-state index contributed by atoms with van der Waals surface area (Å²) in [5.74, 6) is 1.09. The smallest absolute Gasteiger partial charge is 0.245 e. The van der Waals surface area contributed by atoms with Gasteiger partial charge in [-0.2, -0.15) is 0 Å². The second kappa shape index (κ2) is 9.69. The molecule has 0 spiro atoms. The van der Waals surface area contributed by atoms with Crippen LogP contribution in [0.15, 0.2) is 11.4 Å². The maximum atomic E-state index is 13.0. The number of rotatable bonds is 7. The van der Waals surface area contributed by atoms with Crippen molar-refractivity contribution in [2.75, 3.05) is 19.6 Å². The maximum absolute atomic E-state index is 13.0. The molecule has 0 radical (unpaired) electrons. The van der Waals surface area contributed by atoms with Gasteiger partial charge in [-0.3, -0.25) is 9.59 Å². The molecule has 3 heterocycles. The molecular weight excluding hydrogens is 358 g/mol. The Morgan fingerprint density at radius 2 is 2.15 bits per heavy atom. The van der Waals surface area contributed by atoms with E-state index < -0.39 is 0 Å². The molecular formula is C21H33N3O2S. The average molecular weight is 392 g/mol. The standard InChI is InChI=1S/C21H33N3O2S/c1-3-4-18(21(26)24-11-7-19-17(14-24)8-12-27-19)23-20(25)13-15(2)16-5-9-22-10-6-16/h8,12,15-16,18,22H,3-7,9-11,13-14H2,1-2H3,(H,23,25). The minimum Gasteiger partial charge on any atom is -0.344 e. The summed E-state index contributed by atoms with van der Waals surface area (Å²) in [7, 11) is 0. The Kier molecular flexibility index (Phi) is 7.30. The maximum Gasteiger partial charge on any atom is 0.245 e. The molecule has 2 N–H and O–H groups in total.